The fourth-order valence-electron chi connectivity index (χ4n) is 4.69. The molecule has 4 N–H and O–H groups in total. The Balaban J connectivity index is 1.33. The van der Waals surface area contributed by atoms with Crippen LogP contribution in [0.4, 0.5) is 5.82 Å². The Morgan fingerprint density at radius 1 is 0.900 bits per heavy atom. The van der Waals surface area contributed by atoms with E-state index in [0.717, 1.165) is 12.8 Å². The van der Waals surface area contributed by atoms with Gasteiger partial charge in [-0.3, -0.25) is 4.57 Å². The summed E-state index contributed by atoms with van der Waals surface area (Å²) in [6.07, 6.45) is 22.6. The number of hydrogen-bond acceptors (Lipinski definition) is 8. The molecule has 0 saturated heterocycles. The molecule has 10 nitrogen and oxygen atoms in total. The molecule has 0 aliphatic carbocycles. The number of hydrogen-bond donors (Lipinski definition) is 3. The van der Waals surface area contributed by atoms with Crippen molar-refractivity contribution in [3.63, 3.8) is 0 Å². The van der Waals surface area contributed by atoms with Crippen molar-refractivity contribution in [3.8, 4) is 0 Å². The predicted octanol–water partition coefficient (Wildman–Crippen LogP) is 7.31. The molecule has 1 aliphatic heterocycles. The molecule has 0 radical (unpaired) electrons. The zero-order valence-corrected chi connectivity index (χ0v) is 26.2. The van der Waals surface area contributed by atoms with Crippen LogP contribution in [0.1, 0.15) is 121 Å². The van der Waals surface area contributed by atoms with Gasteiger partial charge in [-0.25, -0.2) is 9.98 Å². The molecule has 0 bridgehead atoms. The summed E-state index contributed by atoms with van der Waals surface area (Å²) in [6.45, 7) is 3.86. The molecule has 2 unspecified atom stereocenters. The third kappa shape index (κ3) is 15.7. The van der Waals surface area contributed by atoms with E-state index in [1.807, 2.05) is 0 Å². The van der Waals surface area contributed by atoms with E-state index >= 15 is 0 Å². The van der Waals surface area contributed by atoms with Crippen LogP contribution < -0.4 is 11.1 Å². The highest BCUT2D eigenvalue weighted by molar-refractivity contribution is 7.52. The highest BCUT2D eigenvalue weighted by Crippen LogP contribution is 2.41. The number of alkyl halides is 1. The zero-order chi connectivity index (χ0) is 28.9. The second-order valence-corrected chi connectivity index (χ2v) is 12.8. The highest BCUT2D eigenvalue weighted by atomic mass is 35.5. The molecule has 40 heavy (non-hydrogen) atoms. The van der Waals surface area contributed by atoms with Gasteiger partial charge in [0.15, 0.2) is 11.5 Å². The number of imidazole rings is 1. The van der Waals surface area contributed by atoms with Gasteiger partial charge in [0, 0.05) is 13.2 Å². The molecule has 1 aliphatic rings. The molecule has 232 valence electrons. The van der Waals surface area contributed by atoms with Crippen molar-refractivity contribution in [2.75, 3.05) is 38.1 Å². The number of halogens is 1. The van der Waals surface area contributed by atoms with E-state index in [2.05, 4.69) is 22.2 Å². The first kappa shape index (κ1) is 35.0. The monoisotopic (exact) mass is 605 g/mol. The summed E-state index contributed by atoms with van der Waals surface area (Å²) >= 11 is 6.12. The van der Waals surface area contributed by atoms with E-state index in [9.17, 15) is 9.46 Å². The lowest BCUT2D eigenvalue weighted by atomic mass is 10.0. The minimum absolute atomic E-state index is 0.0602. The van der Waals surface area contributed by atoms with Crippen molar-refractivity contribution in [1.29, 1.82) is 0 Å². The van der Waals surface area contributed by atoms with Gasteiger partial charge in [-0.15, -0.1) is 0 Å². The fraction of sp³-hybridized carbons (Fsp3) is 0.857. The average Bonchev–Trinajstić information content (AvgIpc) is 3.33. The van der Waals surface area contributed by atoms with Crippen LogP contribution in [0.25, 0.3) is 0 Å². The number of fused-ring (bicyclic) bond motifs is 1. The Morgan fingerprint density at radius 3 is 2.08 bits per heavy atom. The number of nitrogens with zero attached hydrogens (tertiary/aromatic N) is 3. The average molecular weight is 606 g/mol. The molecule has 1 aromatic rings. The normalized spacial score (nSPS) is 16.4. The summed E-state index contributed by atoms with van der Waals surface area (Å²) in [5.41, 5.74) is 5.64. The minimum Gasteiger partial charge on any atom is -0.379 e. The third-order valence-corrected chi connectivity index (χ3v) is 8.38. The van der Waals surface area contributed by atoms with E-state index in [0.29, 0.717) is 31.3 Å². The van der Waals surface area contributed by atoms with Gasteiger partial charge in [-0.05, 0) is 6.42 Å². The van der Waals surface area contributed by atoms with Crippen molar-refractivity contribution in [2.24, 2.45) is 10.7 Å². The molecule has 2 heterocycles. The Labute approximate surface area is 246 Å². The van der Waals surface area contributed by atoms with E-state index in [1.165, 1.54) is 89.9 Å². The molecule has 1 aromatic heterocycles. The lowest BCUT2D eigenvalue weighted by Crippen LogP contribution is -2.28. The number of guanidine groups is 1. The Hall–Kier alpha value is -1.16. The number of nitrogens with two attached hydrogens (primary N) is 1. The molecule has 0 amide bonds. The Morgan fingerprint density at radius 2 is 1.48 bits per heavy atom. The van der Waals surface area contributed by atoms with Crippen LogP contribution in [-0.2, 0) is 25.1 Å². The number of ether oxygens (including phenoxy) is 2. The summed E-state index contributed by atoms with van der Waals surface area (Å²) < 4.78 is 29.9. The predicted molar refractivity (Wildman–Crippen MR) is 163 cm³/mol. The van der Waals surface area contributed by atoms with E-state index in [1.54, 1.807) is 10.9 Å². The molecular formula is C28H53ClN5O5P. The van der Waals surface area contributed by atoms with Gasteiger partial charge < -0.3 is 34.5 Å². The second kappa shape index (κ2) is 21.5. The number of rotatable bonds is 26. The van der Waals surface area contributed by atoms with Crippen molar-refractivity contribution >= 4 is 31.0 Å². The lowest BCUT2D eigenvalue weighted by molar-refractivity contribution is 0.0841. The van der Waals surface area contributed by atoms with Gasteiger partial charge in [-0.2, -0.15) is 0 Å². The Bertz CT molecular complexity index is 872. The number of aromatic nitrogens is 2. The van der Waals surface area contributed by atoms with Crippen LogP contribution >= 0.6 is 19.2 Å². The Kier molecular flexibility index (Phi) is 18.9. The third-order valence-electron chi connectivity index (χ3n) is 6.98. The lowest BCUT2D eigenvalue weighted by Gasteiger charge is -2.17. The number of nitrogens with one attached hydrogen (secondary N) is 1. The van der Waals surface area contributed by atoms with E-state index < -0.39 is 19.4 Å². The second-order valence-electron chi connectivity index (χ2n) is 10.6. The van der Waals surface area contributed by atoms with Gasteiger partial charge in [0.05, 0.1) is 26.1 Å². The molecule has 0 saturated carbocycles. The maximum Gasteiger partial charge on any atom is 0.353 e. The smallest absolute Gasteiger partial charge is 0.353 e. The van der Waals surface area contributed by atoms with Crippen molar-refractivity contribution < 1.29 is 23.5 Å². The topological polar surface area (TPSA) is 133 Å². The van der Waals surface area contributed by atoms with Crippen molar-refractivity contribution in [1.82, 2.24) is 9.55 Å². The standard InChI is InChI=1S/C28H53ClN5O5P/c1-2-3-4-5-6-7-8-9-10-11-12-13-14-15-16-17-19-37-21-22-39-40(35,36)24-38-20-18-34-23-31-25-26(29)32-28(30)33-27(25)34/h23,26H,2-22,24H2,1H3,(H,35,36)(H3,30,32,33). The quantitative estimate of drug-likeness (QED) is 0.0433. The SMILES string of the molecule is CCCCCCCCCCCCCCCCCCOCCOP(=O)(O)COCCn1cnc2c1NC(N)=NC2Cl. The van der Waals surface area contributed by atoms with E-state index in [-0.39, 0.29) is 19.2 Å². The first-order valence-corrected chi connectivity index (χ1v) is 17.5. The maximum atomic E-state index is 12.2. The van der Waals surface area contributed by atoms with Gasteiger partial charge in [0.2, 0.25) is 0 Å². The van der Waals surface area contributed by atoms with Gasteiger partial charge >= 0.3 is 7.60 Å². The molecule has 12 heteroatoms. The van der Waals surface area contributed by atoms with Crippen LogP contribution in [0.2, 0.25) is 0 Å². The number of unbranched alkanes of at least 4 members (excludes halogenated alkanes) is 15. The first-order chi connectivity index (χ1) is 19.4. The summed E-state index contributed by atoms with van der Waals surface area (Å²) in [4.78, 5) is 18.2. The summed E-state index contributed by atoms with van der Waals surface area (Å²) in [5.74, 6) is 0.849. The molecule has 2 rings (SSSR count). The number of aliphatic imine (C=N–C) groups is 1. The molecule has 0 aromatic carbocycles. The van der Waals surface area contributed by atoms with Crippen LogP contribution in [0.15, 0.2) is 11.3 Å². The van der Waals surface area contributed by atoms with Crippen LogP contribution in [0.3, 0.4) is 0 Å². The van der Waals surface area contributed by atoms with Gasteiger partial charge in [0.1, 0.15) is 17.9 Å². The van der Waals surface area contributed by atoms with Crippen LogP contribution in [0, 0.1) is 0 Å². The zero-order valence-electron chi connectivity index (χ0n) is 24.5. The summed E-state index contributed by atoms with van der Waals surface area (Å²) in [7, 11) is -3.84. The van der Waals surface area contributed by atoms with Gasteiger partial charge in [-0.1, -0.05) is 115 Å². The molecule has 0 spiro atoms. The van der Waals surface area contributed by atoms with Crippen LogP contribution in [0.5, 0.6) is 0 Å². The van der Waals surface area contributed by atoms with Crippen molar-refractivity contribution in [2.45, 2.75) is 122 Å². The molecule has 0 fully saturated rings. The van der Waals surface area contributed by atoms with Crippen LogP contribution in [-0.4, -0.2) is 53.2 Å². The summed E-state index contributed by atoms with van der Waals surface area (Å²) in [6, 6.07) is 0. The number of anilines is 1. The van der Waals surface area contributed by atoms with Gasteiger partial charge in [0.25, 0.3) is 0 Å². The van der Waals surface area contributed by atoms with E-state index in [4.69, 9.17) is 31.3 Å². The van der Waals surface area contributed by atoms with Crippen molar-refractivity contribution in [3.05, 3.63) is 12.0 Å². The highest BCUT2D eigenvalue weighted by Gasteiger charge is 2.24. The molecular weight excluding hydrogens is 553 g/mol. The molecule has 2 atom stereocenters. The largest absolute Gasteiger partial charge is 0.379 e. The minimum atomic E-state index is -3.84. The maximum absolute atomic E-state index is 12.2. The fourth-order valence-corrected chi connectivity index (χ4v) is 5.75. The first-order valence-electron chi connectivity index (χ1n) is 15.3. The summed E-state index contributed by atoms with van der Waals surface area (Å²) in [5, 5.41) is 2.92.